The Morgan fingerprint density at radius 2 is 1.52 bits per heavy atom. The third-order valence-corrected chi connectivity index (χ3v) is 5.51. The lowest BCUT2D eigenvalue weighted by Crippen LogP contribution is -2.28. The molecule has 0 aromatic heterocycles. The molecular weight excluding hydrogens is 370 g/mol. The van der Waals surface area contributed by atoms with Gasteiger partial charge in [0.25, 0.3) is 5.91 Å². The number of hydrogen-bond donors (Lipinski definition) is 1. The van der Waals surface area contributed by atoms with Crippen LogP contribution in [0.4, 0.5) is 5.69 Å². The number of hydrogen-bond acceptors (Lipinski definition) is 5. The van der Waals surface area contributed by atoms with Crippen molar-refractivity contribution in [3.8, 4) is 0 Å². The van der Waals surface area contributed by atoms with Crippen molar-refractivity contribution < 1.29 is 23.9 Å². The summed E-state index contributed by atoms with van der Waals surface area (Å²) in [5.41, 5.74) is 1.34. The van der Waals surface area contributed by atoms with Crippen LogP contribution >= 0.6 is 0 Å². The van der Waals surface area contributed by atoms with Gasteiger partial charge in [0.15, 0.2) is 18.2 Å². The van der Waals surface area contributed by atoms with Gasteiger partial charge in [0.2, 0.25) is 0 Å². The summed E-state index contributed by atoms with van der Waals surface area (Å²) in [6, 6.07) is 11.4. The fraction of sp³-hybridized carbons (Fsp3) is 0.304. The number of esters is 1. The number of ether oxygens (including phenoxy) is 1. The molecule has 2 aromatic carbocycles. The molecule has 2 aliphatic rings. The van der Waals surface area contributed by atoms with E-state index in [1.54, 1.807) is 42.5 Å². The molecule has 6 heteroatoms. The van der Waals surface area contributed by atoms with Crippen molar-refractivity contribution in [2.45, 2.75) is 32.1 Å². The maximum atomic E-state index is 12.9. The van der Waals surface area contributed by atoms with E-state index in [0.717, 1.165) is 32.1 Å². The van der Waals surface area contributed by atoms with Gasteiger partial charge in [-0.15, -0.1) is 0 Å². The van der Waals surface area contributed by atoms with E-state index in [4.69, 9.17) is 4.74 Å². The molecule has 0 radical (unpaired) electrons. The Bertz CT molecular complexity index is 1000. The molecule has 1 fully saturated rings. The van der Waals surface area contributed by atoms with Gasteiger partial charge in [-0.2, -0.15) is 0 Å². The second-order valence-electron chi connectivity index (χ2n) is 7.42. The van der Waals surface area contributed by atoms with Crippen molar-refractivity contribution in [3.05, 3.63) is 64.7 Å². The van der Waals surface area contributed by atoms with Crippen LogP contribution in [0.15, 0.2) is 42.5 Å². The lowest BCUT2D eigenvalue weighted by Gasteiger charge is -2.21. The molecule has 0 aliphatic heterocycles. The minimum Gasteiger partial charge on any atom is -0.455 e. The van der Waals surface area contributed by atoms with Crippen molar-refractivity contribution in [1.29, 1.82) is 0 Å². The van der Waals surface area contributed by atoms with Crippen LogP contribution in [0.2, 0.25) is 0 Å². The van der Waals surface area contributed by atoms with Gasteiger partial charge in [-0.1, -0.05) is 55.7 Å². The van der Waals surface area contributed by atoms with E-state index in [1.165, 1.54) is 0 Å². The van der Waals surface area contributed by atoms with Gasteiger partial charge < -0.3 is 10.1 Å². The van der Waals surface area contributed by atoms with Crippen LogP contribution < -0.4 is 5.32 Å². The molecule has 0 heterocycles. The monoisotopic (exact) mass is 391 g/mol. The van der Waals surface area contributed by atoms with E-state index >= 15 is 0 Å². The number of carbonyl (C=O) groups is 4. The van der Waals surface area contributed by atoms with Gasteiger partial charge in [-0.3, -0.25) is 19.2 Å². The number of rotatable bonds is 4. The number of anilines is 1. The Labute approximate surface area is 168 Å². The summed E-state index contributed by atoms with van der Waals surface area (Å²) in [5, 5.41) is 2.62. The van der Waals surface area contributed by atoms with E-state index in [0.29, 0.717) is 11.1 Å². The zero-order valence-corrected chi connectivity index (χ0v) is 15.9. The fourth-order valence-corrected chi connectivity index (χ4v) is 4.03. The largest absolute Gasteiger partial charge is 0.455 e. The molecular formula is C23H21NO5. The predicted octanol–water partition coefficient (Wildman–Crippen LogP) is 3.52. The Kier molecular flexibility index (Phi) is 5.25. The quantitative estimate of drug-likeness (QED) is 0.687. The molecule has 0 unspecified atom stereocenters. The van der Waals surface area contributed by atoms with E-state index in [-0.39, 0.29) is 40.3 Å². The summed E-state index contributed by atoms with van der Waals surface area (Å²) in [6.07, 6.45) is 4.71. The van der Waals surface area contributed by atoms with Crippen molar-refractivity contribution in [3.63, 3.8) is 0 Å². The summed E-state index contributed by atoms with van der Waals surface area (Å²) in [5.74, 6) is -1.60. The number of nitrogens with one attached hydrogen (secondary N) is 1. The van der Waals surface area contributed by atoms with Crippen LogP contribution in [0.1, 0.15) is 63.9 Å². The molecule has 0 bridgehead atoms. The number of benzene rings is 2. The highest BCUT2D eigenvalue weighted by atomic mass is 16.5. The lowest BCUT2D eigenvalue weighted by molar-refractivity contribution is -0.152. The predicted molar refractivity (Wildman–Crippen MR) is 106 cm³/mol. The van der Waals surface area contributed by atoms with Crippen molar-refractivity contribution in [2.24, 2.45) is 5.92 Å². The molecule has 29 heavy (non-hydrogen) atoms. The second-order valence-corrected chi connectivity index (χ2v) is 7.42. The van der Waals surface area contributed by atoms with E-state index in [9.17, 15) is 19.2 Å². The first kappa shape index (κ1) is 19.1. The summed E-state index contributed by atoms with van der Waals surface area (Å²) >= 11 is 0. The first-order valence-corrected chi connectivity index (χ1v) is 9.84. The van der Waals surface area contributed by atoms with Gasteiger partial charge in [0.1, 0.15) is 0 Å². The van der Waals surface area contributed by atoms with Crippen LogP contribution in [-0.4, -0.2) is 30.0 Å². The molecule has 1 N–H and O–H groups in total. The molecule has 2 aromatic rings. The van der Waals surface area contributed by atoms with Gasteiger partial charge in [-0.25, -0.2) is 0 Å². The Hall–Kier alpha value is -3.28. The Morgan fingerprint density at radius 3 is 2.24 bits per heavy atom. The Balaban J connectivity index is 1.49. The summed E-state index contributed by atoms with van der Waals surface area (Å²) in [7, 11) is 0. The maximum absolute atomic E-state index is 12.9. The SMILES string of the molecule is O=C(COC(=O)C1CCCCC1)Nc1cccc2c1C(=O)c1ccccc1C2=O. The van der Waals surface area contributed by atoms with E-state index in [2.05, 4.69) is 5.32 Å². The summed E-state index contributed by atoms with van der Waals surface area (Å²) in [4.78, 5) is 50.1. The van der Waals surface area contributed by atoms with Crippen LogP contribution in [-0.2, 0) is 14.3 Å². The normalized spacial score (nSPS) is 16.0. The fourth-order valence-electron chi connectivity index (χ4n) is 4.03. The Morgan fingerprint density at radius 1 is 0.862 bits per heavy atom. The van der Waals surface area contributed by atoms with E-state index < -0.39 is 12.5 Å². The topological polar surface area (TPSA) is 89.5 Å². The average Bonchev–Trinajstić information content (AvgIpc) is 2.76. The smallest absolute Gasteiger partial charge is 0.309 e. The molecule has 1 amide bonds. The van der Waals surface area contributed by atoms with Crippen molar-refractivity contribution in [2.75, 3.05) is 11.9 Å². The highest BCUT2D eigenvalue weighted by Gasteiger charge is 2.31. The minimum absolute atomic E-state index is 0.142. The zero-order valence-electron chi connectivity index (χ0n) is 15.9. The maximum Gasteiger partial charge on any atom is 0.309 e. The number of fused-ring (bicyclic) bond motifs is 2. The number of carbonyl (C=O) groups excluding carboxylic acids is 4. The highest BCUT2D eigenvalue weighted by molar-refractivity contribution is 6.30. The first-order valence-electron chi connectivity index (χ1n) is 9.84. The van der Waals surface area contributed by atoms with Crippen molar-refractivity contribution in [1.82, 2.24) is 0 Å². The standard InChI is InChI=1S/C23H21NO5/c25-19(13-29-23(28)14-7-2-1-3-8-14)24-18-12-6-11-17-20(18)22(27)16-10-5-4-9-15(16)21(17)26/h4-6,9-12,14H,1-3,7-8,13H2,(H,24,25). The molecule has 0 atom stereocenters. The molecule has 0 spiro atoms. The number of amides is 1. The van der Waals surface area contributed by atoms with Crippen molar-refractivity contribution >= 4 is 29.1 Å². The molecule has 148 valence electrons. The highest BCUT2D eigenvalue weighted by Crippen LogP contribution is 2.32. The molecule has 2 aliphatic carbocycles. The molecule has 0 saturated heterocycles. The van der Waals surface area contributed by atoms with Crippen LogP contribution in [0.3, 0.4) is 0 Å². The van der Waals surface area contributed by atoms with Crippen LogP contribution in [0, 0.1) is 5.92 Å². The van der Waals surface area contributed by atoms with Crippen LogP contribution in [0.25, 0.3) is 0 Å². The van der Waals surface area contributed by atoms with Gasteiger partial charge in [0, 0.05) is 16.7 Å². The minimum atomic E-state index is -0.540. The summed E-state index contributed by atoms with van der Waals surface area (Å²) in [6.45, 7) is -0.419. The first-order chi connectivity index (χ1) is 14.1. The third-order valence-electron chi connectivity index (χ3n) is 5.51. The zero-order chi connectivity index (χ0) is 20.4. The molecule has 6 nitrogen and oxygen atoms in total. The molecule has 4 rings (SSSR count). The van der Waals surface area contributed by atoms with Gasteiger partial charge >= 0.3 is 5.97 Å². The van der Waals surface area contributed by atoms with Gasteiger partial charge in [-0.05, 0) is 18.9 Å². The second kappa shape index (κ2) is 7.99. The third kappa shape index (κ3) is 3.70. The molecule has 1 saturated carbocycles. The number of ketones is 2. The van der Waals surface area contributed by atoms with Crippen LogP contribution in [0.5, 0.6) is 0 Å². The van der Waals surface area contributed by atoms with E-state index in [1.807, 2.05) is 0 Å². The van der Waals surface area contributed by atoms with Gasteiger partial charge in [0.05, 0.1) is 17.2 Å². The lowest BCUT2D eigenvalue weighted by atomic mass is 9.83. The average molecular weight is 391 g/mol. The summed E-state index contributed by atoms with van der Waals surface area (Å²) < 4.78 is 5.16.